The molecule has 0 aliphatic rings. The molecule has 1 N–H and O–H groups in total. The van der Waals surface area contributed by atoms with Crippen LogP contribution >= 0.6 is 23.2 Å². The van der Waals surface area contributed by atoms with E-state index in [0.29, 0.717) is 16.5 Å². The van der Waals surface area contributed by atoms with E-state index >= 15 is 0 Å². The summed E-state index contributed by atoms with van der Waals surface area (Å²) >= 11 is 12.3. The van der Waals surface area contributed by atoms with E-state index in [-0.39, 0.29) is 16.8 Å². The molecule has 8 heteroatoms. The van der Waals surface area contributed by atoms with Gasteiger partial charge in [-0.1, -0.05) is 23.2 Å². The number of benzene rings is 1. The van der Waals surface area contributed by atoms with Crippen LogP contribution in [0, 0.1) is 0 Å². The normalized spacial score (nSPS) is 11.2. The number of nitrogens with one attached hydrogen (secondary N) is 1. The summed E-state index contributed by atoms with van der Waals surface area (Å²) in [6.07, 6.45) is 0.876. The van der Waals surface area contributed by atoms with Gasteiger partial charge in [0.2, 0.25) is 0 Å². The smallest absolute Gasteiger partial charge is 0.354 e. The Kier molecular flexibility index (Phi) is 7.19. The molecule has 1 aromatic carbocycles. The van der Waals surface area contributed by atoms with Crippen LogP contribution < -0.4 is 10.1 Å². The maximum absolute atomic E-state index is 11.7. The van der Waals surface area contributed by atoms with E-state index < -0.39 is 11.9 Å². The Morgan fingerprint density at radius 2 is 1.78 bits per heavy atom. The van der Waals surface area contributed by atoms with Gasteiger partial charge in [-0.3, -0.25) is 0 Å². The number of ether oxygens (including phenoxy) is 3. The number of carbonyl (C=O) groups excluding carboxylic acids is 2. The van der Waals surface area contributed by atoms with Crippen LogP contribution in [0.3, 0.4) is 0 Å². The third-order valence-corrected chi connectivity index (χ3v) is 3.13. The second-order valence-electron chi connectivity index (χ2n) is 4.63. The van der Waals surface area contributed by atoms with E-state index in [1.54, 1.807) is 0 Å². The summed E-state index contributed by atoms with van der Waals surface area (Å²) in [6, 6.07) is 2.99. The Bertz CT molecular complexity index is 629. The predicted octanol–water partition coefficient (Wildman–Crippen LogP) is 3.42. The Labute approximate surface area is 144 Å². The molecule has 0 radical (unpaired) electrons. The number of hydrogen-bond donors (Lipinski definition) is 1. The van der Waals surface area contributed by atoms with Crippen molar-refractivity contribution in [3.05, 3.63) is 34.0 Å². The summed E-state index contributed by atoms with van der Waals surface area (Å²) < 4.78 is 14.6. The van der Waals surface area contributed by atoms with Crippen LogP contribution in [-0.4, -0.2) is 32.3 Å². The monoisotopic (exact) mass is 361 g/mol. The van der Waals surface area contributed by atoms with E-state index in [1.165, 1.54) is 26.4 Å². The quantitative estimate of drug-likeness (QED) is 0.618. The first-order valence-electron chi connectivity index (χ1n) is 6.59. The van der Waals surface area contributed by atoms with Crippen molar-refractivity contribution in [3.8, 4) is 5.75 Å². The molecule has 0 bridgehead atoms. The molecule has 0 saturated carbocycles. The molecule has 0 saturated heterocycles. The molecule has 6 nitrogen and oxygen atoms in total. The summed E-state index contributed by atoms with van der Waals surface area (Å²) in [6.45, 7) is 3.70. The Hall–Kier alpha value is -1.92. The van der Waals surface area contributed by atoms with Crippen LogP contribution in [0.1, 0.15) is 13.8 Å². The van der Waals surface area contributed by atoms with E-state index in [2.05, 4.69) is 14.8 Å². The van der Waals surface area contributed by atoms with Gasteiger partial charge in [0.1, 0.15) is 11.4 Å². The molecule has 0 aromatic heterocycles. The van der Waals surface area contributed by atoms with Crippen LogP contribution in [-0.2, 0) is 19.1 Å². The fraction of sp³-hybridized carbons (Fsp3) is 0.333. The van der Waals surface area contributed by atoms with Gasteiger partial charge in [-0.2, -0.15) is 0 Å². The molecule has 0 atom stereocenters. The zero-order valence-corrected chi connectivity index (χ0v) is 14.6. The maximum atomic E-state index is 11.7. The summed E-state index contributed by atoms with van der Waals surface area (Å²) in [7, 11) is 2.37. The van der Waals surface area contributed by atoms with Crippen molar-refractivity contribution in [1.29, 1.82) is 0 Å². The standard InChI is InChI=1S/C15H17Cl2NO5/c1-8(2)23-13-6-9(16)11(5-10(13)17)18-12(15(20)22-4)7-14(19)21-3/h5-8,18H,1-4H3/b12-7+. The molecular weight excluding hydrogens is 345 g/mol. The average molecular weight is 362 g/mol. The zero-order chi connectivity index (χ0) is 17.6. The van der Waals surface area contributed by atoms with Crippen molar-refractivity contribution < 1.29 is 23.8 Å². The first kappa shape index (κ1) is 19.1. The van der Waals surface area contributed by atoms with Crippen molar-refractivity contribution in [2.24, 2.45) is 0 Å². The lowest BCUT2D eigenvalue weighted by Crippen LogP contribution is -2.15. The highest BCUT2D eigenvalue weighted by Gasteiger charge is 2.16. The predicted molar refractivity (Wildman–Crippen MR) is 88.0 cm³/mol. The summed E-state index contributed by atoms with van der Waals surface area (Å²) in [5.74, 6) is -1.07. The number of halogens is 2. The molecule has 0 unspecified atom stereocenters. The number of rotatable bonds is 6. The third-order valence-electron chi connectivity index (χ3n) is 2.52. The molecule has 0 aliphatic carbocycles. The van der Waals surface area contributed by atoms with Gasteiger partial charge in [-0.05, 0) is 19.9 Å². The molecule has 0 heterocycles. The number of carbonyl (C=O) groups is 2. The van der Waals surface area contributed by atoms with Gasteiger partial charge in [0.15, 0.2) is 0 Å². The number of esters is 2. The highest BCUT2D eigenvalue weighted by atomic mass is 35.5. The lowest BCUT2D eigenvalue weighted by molar-refractivity contribution is -0.138. The van der Waals surface area contributed by atoms with E-state index in [1.807, 2.05) is 13.8 Å². The molecule has 1 aromatic rings. The van der Waals surface area contributed by atoms with Gasteiger partial charge in [0.05, 0.1) is 42.1 Å². The molecule has 23 heavy (non-hydrogen) atoms. The zero-order valence-electron chi connectivity index (χ0n) is 13.1. The molecule has 1 rings (SSSR count). The SMILES string of the molecule is COC(=O)/C=C(/Nc1cc(Cl)c(OC(C)C)cc1Cl)C(=O)OC. The molecule has 0 aliphatic heterocycles. The largest absolute Gasteiger partial charge is 0.489 e. The Balaban J connectivity index is 3.14. The first-order valence-corrected chi connectivity index (χ1v) is 7.34. The molecule has 0 amide bonds. The van der Waals surface area contributed by atoms with Crippen molar-refractivity contribution in [3.63, 3.8) is 0 Å². The molecule has 0 fully saturated rings. The third kappa shape index (κ3) is 5.65. The second-order valence-corrected chi connectivity index (χ2v) is 5.44. The molecular formula is C15H17Cl2NO5. The van der Waals surface area contributed by atoms with Gasteiger partial charge in [0.25, 0.3) is 0 Å². The number of anilines is 1. The number of methoxy groups -OCH3 is 2. The lowest BCUT2D eigenvalue weighted by Gasteiger charge is -2.15. The van der Waals surface area contributed by atoms with E-state index in [9.17, 15) is 9.59 Å². The number of hydrogen-bond acceptors (Lipinski definition) is 6. The van der Waals surface area contributed by atoms with Crippen molar-refractivity contribution >= 4 is 40.8 Å². The second kappa shape index (κ2) is 8.64. The molecule has 0 spiro atoms. The highest BCUT2D eigenvalue weighted by Crippen LogP contribution is 2.35. The van der Waals surface area contributed by atoms with E-state index in [0.717, 1.165) is 6.08 Å². The highest BCUT2D eigenvalue weighted by molar-refractivity contribution is 6.36. The van der Waals surface area contributed by atoms with Gasteiger partial charge in [0, 0.05) is 6.07 Å². The van der Waals surface area contributed by atoms with Crippen LogP contribution in [0.5, 0.6) is 5.75 Å². The minimum atomic E-state index is -0.759. The average Bonchev–Trinajstić information content (AvgIpc) is 2.49. The summed E-state index contributed by atoms with van der Waals surface area (Å²) in [5, 5.41) is 3.25. The Morgan fingerprint density at radius 3 is 2.30 bits per heavy atom. The van der Waals surface area contributed by atoms with Crippen molar-refractivity contribution in [2.75, 3.05) is 19.5 Å². The van der Waals surface area contributed by atoms with E-state index in [4.69, 9.17) is 27.9 Å². The van der Waals surface area contributed by atoms with Crippen molar-refractivity contribution in [1.82, 2.24) is 0 Å². The van der Waals surface area contributed by atoms with Crippen LogP contribution in [0.15, 0.2) is 23.9 Å². The van der Waals surface area contributed by atoms with Crippen molar-refractivity contribution in [2.45, 2.75) is 20.0 Å². The van der Waals surface area contributed by atoms with Crippen LogP contribution in [0.25, 0.3) is 0 Å². The summed E-state index contributed by atoms with van der Waals surface area (Å²) in [4.78, 5) is 23.0. The summed E-state index contributed by atoms with van der Waals surface area (Å²) in [5.41, 5.74) is 0.170. The van der Waals surface area contributed by atoms with Gasteiger partial charge >= 0.3 is 11.9 Å². The minimum Gasteiger partial charge on any atom is -0.489 e. The molecule has 126 valence electrons. The Morgan fingerprint density at radius 1 is 1.13 bits per heavy atom. The van der Waals surface area contributed by atoms with Crippen LogP contribution in [0.4, 0.5) is 5.69 Å². The van der Waals surface area contributed by atoms with Crippen LogP contribution in [0.2, 0.25) is 10.0 Å². The topological polar surface area (TPSA) is 73.9 Å². The van der Waals surface area contributed by atoms with Gasteiger partial charge in [-0.15, -0.1) is 0 Å². The van der Waals surface area contributed by atoms with Gasteiger partial charge in [-0.25, -0.2) is 9.59 Å². The fourth-order valence-corrected chi connectivity index (χ4v) is 1.96. The lowest BCUT2D eigenvalue weighted by atomic mass is 10.2. The maximum Gasteiger partial charge on any atom is 0.354 e. The minimum absolute atomic E-state index is 0.0766. The first-order chi connectivity index (χ1) is 10.8. The fourth-order valence-electron chi connectivity index (χ4n) is 1.55. The van der Waals surface area contributed by atoms with Gasteiger partial charge < -0.3 is 19.5 Å².